The first kappa shape index (κ1) is 21.5. The molecule has 0 bridgehead atoms. The largest absolute Gasteiger partial charge is 0.494 e. The van der Waals surface area contributed by atoms with Gasteiger partial charge in [-0.2, -0.15) is 0 Å². The minimum absolute atomic E-state index is 0.183. The van der Waals surface area contributed by atoms with Crippen LogP contribution in [-0.2, 0) is 0 Å². The van der Waals surface area contributed by atoms with Crippen molar-refractivity contribution in [1.29, 1.82) is 0 Å². The molecule has 0 aliphatic rings. The van der Waals surface area contributed by atoms with Crippen LogP contribution < -0.4 is 15.4 Å². The maximum Gasteiger partial charge on any atom is 0.257 e. The number of anilines is 1. The van der Waals surface area contributed by atoms with Crippen molar-refractivity contribution >= 4 is 40.0 Å². The van der Waals surface area contributed by atoms with Crippen LogP contribution in [0.4, 0.5) is 5.69 Å². The Morgan fingerprint density at radius 1 is 1.16 bits per heavy atom. The van der Waals surface area contributed by atoms with Gasteiger partial charge in [0, 0.05) is 23.6 Å². The van der Waals surface area contributed by atoms with Crippen LogP contribution in [0.3, 0.4) is 0 Å². The summed E-state index contributed by atoms with van der Waals surface area (Å²) in [5, 5.41) is 5.89. The summed E-state index contributed by atoms with van der Waals surface area (Å²) < 4.78 is 11.5. The van der Waals surface area contributed by atoms with E-state index in [4.69, 9.17) is 21.4 Å². The highest BCUT2D eigenvalue weighted by atomic mass is 32.1. The van der Waals surface area contributed by atoms with Gasteiger partial charge in [0.1, 0.15) is 11.3 Å². The van der Waals surface area contributed by atoms with Crippen LogP contribution in [0.25, 0.3) is 22.6 Å². The van der Waals surface area contributed by atoms with E-state index in [0.717, 1.165) is 18.4 Å². The highest BCUT2D eigenvalue weighted by Crippen LogP contribution is 2.25. The summed E-state index contributed by atoms with van der Waals surface area (Å²) in [5.41, 5.74) is 3.26. The average molecular weight is 447 g/mol. The molecule has 4 aromatic rings. The van der Waals surface area contributed by atoms with Gasteiger partial charge in [-0.25, -0.2) is 4.98 Å². The van der Waals surface area contributed by atoms with Gasteiger partial charge in [-0.1, -0.05) is 19.4 Å². The molecule has 0 saturated heterocycles. The van der Waals surface area contributed by atoms with Gasteiger partial charge in [0.05, 0.1) is 12.2 Å². The Labute approximate surface area is 190 Å². The third-order valence-corrected chi connectivity index (χ3v) is 4.85. The van der Waals surface area contributed by atoms with E-state index in [1.54, 1.807) is 48.8 Å². The molecule has 0 unspecified atom stereocenters. The summed E-state index contributed by atoms with van der Waals surface area (Å²) in [6.45, 7) is 2.72. The molecule has 1 amide bonds. The number of hydrogen-bond donors (Lipinski definition) is 2. The molecule has 2 heterocycles. The number of aromatic nitrogens is 2. The molecule has 162 valence electrons. The lowest BCUT2D eigenvalue weighted by molar-refractivity contribution is 0.0977. The number of oxazole rings is 1. The number of hydrogen-bond acceptors (Lipinski definition) is 6. The maximum absolute atomic E-state index is 12.6. The zero-order valence-corrected chi connectivity index (χ0v) is 18.3. The Morgan fingerprint density at radius 3 is 2.88 bits per heavy atom. The van der Waals surface area contributed by atoms with Crippen molar-refractivity contribution in [2.24, 2.45) is 0 Å². The summed E-state index contributed by atoms with van der Waals surface area (Å²) in [5.74, 6) is 0.831. The number of rotatable bonds is 7. The molecule has 0 radical (unpaired) electrons. The van der Waals surface area contributed by atoms with Crippen LogP contribution in [0.2, 0.25) is 0 Å². The molecule has 8 heteroatoms. The van der Waals surface area contributed by atoms with Gasteiger partial charge in [-0.05, 0) is 67.2 Å². The lowest BCUT2D eigenvalue weighted by Gasteiger charge is -2.10. The van der Waals surface area contributed by atoms with E-state index in [0.29, 0.717) is 40.6 Å². The van der Waals surface area contributed by atoms with Crippen molar-refractivity contribution in [2.75, 3.05) is 11.9 Å². The van der Waals surface area contributed by atoms with Gasteiger partial charge in [-0.15, -0.1) is 0 Å². The fraction of sp³-hybridized carbons (Fsp3) is 0.167. The number of nitrogens with one attached hydrogen (secondary N) is 2. The zero-order chi connectivity index (χ0) is 22.3. The normalized spacial score (nSPS) is 10.7. The van der Waals surface area contributed by atoms with Gasteiger partial charge < -0.3 is 14.5 Å². The maximum atomic E-state index is 12.6. The van der Waals surface area contributed by atoms with E-state index >= 15 is 0 Å². The second kappa shape index (κ2) is 10.0. The van der Waals surface area contributed by atoms with Crippen molar-refractivity contribution in [1.82, 2.24) is 15.3 Å². The van der Waals surface area contributed by atoms with Crippen LogP contribution in [0, 0.1) is 0 Å². The number of ether oxygens (including phenoxy) is 1. The minimum Gasteiger partial charge on any atom is -0.494 e. The summed E-state index contributed by atoms with van der Waals surface area (Å²) in [6.07, 6.45) is 5.40. The van der Waals surface area contributed by atoms with E-state index in [1.807, 2.05) is 18.2 Å². The van der Waals surface area contributed by atoms with Crippen molar-refractivity contribution in [3.63, 3.8) is 0 Å². The molecule has 7 nitrogen and oxygen atoms in total. The predicted molar refractivity (Wildman–Crippen MR) is 128 cm³/mol. The summed E-state index contributed by atoms with van der Waals surface area (Å²) in [7, 11) is 0. The first-order chi connectivity index (χ1) is 15.6. The fourth-order valence-corrected chi connectivity index (χ4v) is 3.23. The SMILES string of the molecule is CCCCOc1cccc(C(=O)NC(=S)Nc2ccc3oc(-c4cccnc4)nc3c2)c1. The van der Waals surface area contributed by atoms with Crippen LogP contribution in [0.15, 0.2) is 71.4 Å². The fourth-order valence-electron chi connectivity index (χ4n) is 3.02. The predicted octanol–water partition coefficient (Wildman–Crippen LogP) is 5.20. The monoisotopic (exact) mass is 446 g/mol. The Bertz CT molecular complexity index is 1240. The van der Waals surface area contributed by atoms with Gasteiger partial charge in [0.15, 0.2) is 10.7 Å². The lowest BCUT2D eigenvalue weighted by Crippen LogP contribution is -2.34. The first-order valence-corrected chi connectivity index (χ1v) is 10.7. The number of nitrogens with zero attached hydrogens (tertiary/aromatic N) is 2. The third kappa shape index (κ3) is 5.28. The number of amides is 1. The lowest BCUT2D eigenvalue weighted by atomic mass is 10.2. The van der Waals surface area contributed by atoms with Gasteiger partial charge in [0.25, 0.3) is 5.91 Å². The summed E-state index contributed by atoms with van der Waals surface area (Å²) in [4.78, 5) is 21.2. The molecule has 0 saturated carbocycles. The molecular weight excluding hydrogens is 424 g/mol. The smallest absolute Gasteiger partial charge is 0.257 e. The van der Waals surface area contributed by atoms with Gasteiger partial charge in [0.2, 0.25) is 5.89 Å². The van der Waals surface area contributed by atoms with E-state index in [9.17, 15) is 4.79 Å². The molecule has 4 rings (SSSR count). The molecule has 0 atom stereocenters. The Kier molecular flexibility index (Phi) is 6.72. The highest BCUT2D eigenvalue weighted by Gasteiger charge is 2.12. The number of carbonyl (C=O) groups excluding carboxylic acids is 1. The van der Waals surface area contributed by atoms with Crippen molar-refractivity contribution in [2.45, 2.75) is 19.8 Å². The van der Waals surface area contributed by atoms with E-state index in [-0.39, 0.29) is 11.0 Å². The van der Waals surface area contributed by atoms with Crippen molar-refractivity contribution in [3.05, 3.63) is 72.6 Å². The number of fused-ring (bicyclic) bond motifs is 1. The van der Waals surface area contributed by atoms with E-state index in [2.05, 4.69) is 27.5 Å². The van der Waals surface area contributed by atoms with E-state index in [1.165, 1.54) is 0 Å². The molecule has 2 N–H and O–H groups in total. The van der Waals surface area contributed by atoms with E-state index < -0.39 is 0 Å². The second-order valence-corrected chi connectivity index (χ2v) is 7.49. The standard InChI is InChI=1S/C24H22N4O3S/c1-2-3-12-30-19-8-4-6-16(13-19)22(29)28-24(32)26-18-9-10-21-20(14-18)27-23(31-21)17-7-5-11-25-15-17/h4-11,13-15H,2-3,12H2,1H3,(H2,26,28,29,32). The molecule has 32 heavy (non-hydrogen) atoms. The molecule has 0 fully saturated rings. The quantitative estimate of drug-likeness (QED) is 0.298. The molecule has 0 aliphatic carbocycles. The number of carbonyl (C=O) groups is 1. The zero-order valence-electron chi connectivity index (χ0n) is 17.5. The Balaban J connectivity index is 1.40. The van der Waals surface area contributed by atoms with Crippen molar-refractivity contribution in [3.8, 4) is 17.2 Å². The minimum atomic E-state index is -0.315. The van der Waals surface area contributed by atoms with Crippen LogP contribution >= 0.6 is 12.2 Å². The first-order valence-electron chi connectivity index (χ1n) is 10.3. The molecule has 2 aromatic carbocycles. The number of unbranched alkanes of at least 4 members (excludes halogenated alkanes) is 1. The van der Waals surface area contributed by atoms with Crippen molar-refractivity contribution < 1.29 is 13.9 Å². The Morgan fingerprint density at radius 2 is 2.06 bits per heavy atom. The highest BCUT2D eigenvalue weighted by molar-refractivity contribution is 7.80. The average Bonchev–Trinajstić information content (AvgIpc) is 3.23. The van der Waals surface area contributed by atoms with Gasteiger partial charge in [-0.3, -0.25) is 15.1 Å². The second-order valence-electron chi connectivity index (χ2n) is 7.08. The van der Waals surface area contributed by atoms with Crippen LogP contribution in [0.5, 0.6) is 5.75 Å². The third-order valence-electron chi connectivity index (χ3n) is 4.64. The molecule has 0 spiro atoms. The topological polar surface area (TPSA) is 89.3 Å². The number of benzene rings is 2. The number of pyridine rings is 1. The summed E-state index contributed by atoms with van der Waals surface area (Å²) in [6, 6.07) is 16.1. The van der Waals surface area contributed by atoms with Crippen LogP contribution in [0.1, 0.15) is 30.1 Å². The van der Waals surface area contributed by atoms with Gasteiger partial charge >= 0.3 is 0 Å². The molecular formula is C24H22N4O3S. The van der Waals surface area contributed by atoms with Crippen LogP contribution in [-0.4, -0.2) is 27.6 Å². The Hall–Kier alpha value is -3.78. The molecule has 0 aliphatic heterocycles. The summed E-state index contributed by atoms with van der Waals surface area (Å²) >= 11 is 5.31. The molecule has 2 aromatic heterocycles. The number of thiocarbonyl (C=S) groups is 1.